The van der Waals surface area contributed by atoms with Crippen LogP contribution in [0.15, 0.2) is 0 Å². The Hall–Kier alpha value is -0.370. The lowest BCUT2D eigenvalue weighted by Crippen LogP contribution is -2.21. The normalized spacial score (nSPS) is 24.1. The number of hydrogen-bond acceptors (Lipinski definition) is 2. The first-order valence-corrected chi connectivity index (χ1v) is 7.74. The molecule has 1 aliphatic carbocycles. The zero-order chi connectivity index (χ0) is 13.2. The molecule has 0 aliphatic heterocycles. The highest BCUT2D eigenvalue weighted by Crippen LogP contribution is 2.29. The fourth-order valence-corrected chi connectivity index (χ4v) is 3.06. The van der Waals surface area contributed by atoms with E-state index < -0.39 is 0 Å². The third-order valence-corrected chi connectivity index (χ3v) is 4.21. The molecule has 2 heteroatoms. The summed E-state index contributed by atoms with van der Waals surface area (Å²) in [5.74, 6) is 1.24. The summed E-state index contributed by atoms with van der Waals surface area (Å²) in [4.78, 5) is 10.8. The summed E-state index contributed by atoms with van der Waals surface area (Å²) in [5, 5.41) is 0. The number of methoxy groups -OCH3 is 1. The van der Waals surface area contributed by atoms with Gasteiger partial charge in [-0.15, -0.1) is 0 Å². The molecule has 0 bridgehead atoms. The molecule has 0 aromatic rings. The van der Waals surface area contributed by atoms with Crippen LogP contribution < -0.4 is 0 Å². The Labute approximate surface area is 112 Å². The average Bonchev–Trinajstić information content (AvgIpc) is 2.37. The molecule has 0 heterocycles. The van der Waals surface area contributed by atoms with Crippen LogP contribution in [0.4, 0.5) is 0 Å². The number of carbonyl (C=O) groups is 1. The predicted molar refractivity (Wildman–Crippen MR) is 75.8 cm³/mol. The molecule has 1 saturated carbocycles. The number of unbranched alkanes of at least 4 members (excludes halogenated alkanes) is 4. The topological polar surface area (TPSA) is 26.3 Å². The second kappa shape index (κ2) is 9.55. The van der Waals surface area contributed by atoms with Gasteiger partial charge in [0.1, 0.15) is 5.78 Å². The van der Waals surface area contributed by atoms with Crippen molar-refractivity contribution < 1.29 is 9.53 Å². The molecule has 2 atom stereocenters. The SMILES string of the molecule is COC1CCCC(CCCCCCCC(C)=O)C1. The van der Waals surface area contributed by atoms with Gasteiger partial charge in [0, 0.05) is 13.5 Å². The Morgan fingerprint density at radius 2 is 1.83 bits per heavy atom. The van der Waals surface area contributed by atoms with Crippen molar-refractivity contribution in [3.05, 3.63) is 0 Å². The molecule has 0 saturated heterocycles. The van der Waals surface area contributed by atoms with Gasteiger partial charge in [0.2, 0.25) is 0 Å². The van der Waals surface area contributed by atoms with Crippen molar-refractivity contribution in [1.29, 1.82) is 0 Å². The van der Waals surface area contributed by atoms with Crippen molar-refractivity contribution in [2.75, 3.05) is 7.11 Å². The van der Waals surface area contributed by atoms with E-state index in [1.54, 1.807) is 6.92 Å². The minimum Gasteiger partial charge on any atom is -0.381 e. The van der Waals surface area contributed by atoms with Crippen LogP contribution in [0.2, 0.25) is 0 Å². The standard InChI is InChI=1S/C16H30O2/c1-14(17)9-6-4-3-5-7-10-15-11-8-12-16(13-15)18-2/h15-16H,3-13H2,1-2H3. The first kappa shape index (κ1) is 15.7. The Bertz CT molecular complexity index is 225. The van der Waals surface area contributed by atoms with Crippen LogP contribution >= 0.6 is 0 Å². The summed E-state index contributed by atoms with van der Waals surface area (Å²) in [6.45, 7) is 1.69. The molecule has 0 amide bonds. The number of ether oxygens (including phenoxy) is 1. The maximum Gasteiger partial charge on any atom is 0.129 e. The highest BCUT2D eigenvalue weighted by atomic mass is 16.5. The van der Waals surface area contributed by atoms with E-state index in [4.69, 9.17) is 4.74 Å². The maximum atomic E-state index is 10.8. The van der Waals surface area contributed by atoms with E-state index in [2.05, 4.69) is 0 Å². The molecule has 2 unspecified atom stereocenters. The van der Waals surface area contributed by atoms with Gasteiger partial charge in [0.25, 0.3) is 0 Å². The smallest absolute Gasteiger partial charge is 0.129 e. The minimum atomic E-state index is 0.336. The molecule has 1 aliphatic rings. The number of rotatable bonds is 9. The molecular formula is C16H30O2. The van der Waals surface area contributed by atoms with E-state index in [-0.39, 0.29) is 0 Å². The molecule has 18 heavy (non-hydrogen) atoms. The second-order valence-electron chi connectivity index (χ2n) is 5.90. The molecular weight excluding hydrogens is 224 g/mol. The predicted octanol–water partition coefficient (Wildman–Crippen LogP) is 4.51. The van der Waals surface area contributed by atoms with E-state index in [1.807, 2.05) is 7.11 Å². The zero-order valence-electron chi connectivity index (χ0n) is 12.2. The molecule has 0 aromatic carbocycles. The number of ketones is 1. The van der Waals surface area contributed by atoms with Gasteiger partial charge in [-0.3, -0.25) is 0 Å². The van der Waals surface area contributed by atoms with Gasteiger partial charge in [-0.25, -0.2) is 0 Å². The Balaban J connectivity index is 1.92. The zero-order valence-corrected chi connectivity index (χ0v) is 12.2. The number of hydrogen-bond donors (Lipinski definition) is 0. The Morgan fingerprint density at radius 1 is 1.11 bits per heavy atom. The molecule has 0 N–H and O–H groups in total. The van der Waals surface area contributed by atoms with Crippen molar-refractivity contribution in [1.82, 2.24) is 0 Å². The van der Waals surface area contributed by atoms with Gasteiger partial charge in [-0.1, -0.05) is 44.9 Å². The molecule has 1 fully saturated rings. The molecule has 106 valence electrons. The lowest BCUT2D eigenvalue weighted by molar-refractivity contribution is -0.117. The van der Waals surface area contributed by atoms with Crippen molar-refractivity contribution in [3.63, 3.8) is 0 Å². The van der Waals surface area contributed by atoms with Gasteiger partial charge in [0.05, 0.1) is 6.10 Å². The quantitative estimate of drug-likeness (QED) is 0.566. The third kappa shape index (κ3) is 7.15. The summed E-state index contributed by atoms with van der Waals surface area (Å²) in [7, 11) is 1.85. The van der Waals surface area contributed by atoms with Crippen molar-refractivity contribution >= 4 is 5.78 Å². The van der Waals surface area contributed by atoms with Crippen LogP contribution in [0, 0.1) is 5.92 Å². The molecule has 2 nitrogen and oxygen atoms in total. The lowest BCUT2D eigenvalue weighted by atomic mass is 9.84. The number of carbonyl (C=O) groups excluding carboxylic acids is 1. The van der Waals surface area contributed by atoms with Crippen molar-refractivity contribution in [2.45, 2.75) is 83.7 Å². The monoisotopic (exact) mass is 254 g/mol. The van der Waals surface area contributed by atoms with Crippen LogP contribution in [0.3, 0.4) is 0 Å². The summed E-state index contributed by atoms with van der Waals surface area (Å²) in [6.07, 6.45) is 14.3. The molecule has 0 spiro atoms. The van der Waals surface area contributed by atoms with Crippen LogP contribution in [-0.2, 0) is 9.53 Å². The number of Topliss-reactive ketones (excluding diaryl/α,β-unsaturated/α-hetero) is 1. The van der Waals surface area contributed by atoms with E-state index in [0.717, 1.165) is 18.8 Å². The average molecular weight is 254 g/mol. The van der Waals surface area contributed by atoms with E-state index in [1.165, 1.54) is 57.8 Å². The van der Waals surface area contributed by atoms with Crippen molar-refractivity contribution in [2.24, 2.45) is 5.92 Å². The maximum absolute atomic E-state index is 10.8. The van der Waals surface area contributed by atoms with E-state index >= 15 is 0 Å². The van der Waals surface area contributed by atoms with Crippen molar-refractivity contribution in [3.8, 4) is 0 Å². The van der Waals surface area contributed by atoms with Crippen LogP contribution in [0.1, 0.15) is 77.6 Å². The molecule has 0 radical (unpaired) electrons. The summed E-state index contributed by atoms with van der Waals surface area (Å²) >= 11 is 0. The largest absolute Gasteiger partial charge is 0.381 e. The molecule has 1 rings (SSSR count). The van der Waals surface area contributed by atoms with Gasteiger partial charge in [0.15, 0.2) is 0 Å². The van der Waals surface area contributed by atoms with Gasteiger partial charge in [-0.05, 0) is 32.1 Å². The third-order valence-electron chi connectivity index (χ3n) is 4.21. The van der Waals surface area contributed by atoms with Gasteiger partial charge < -0.3 is 9.53 Å². The second-order valence-corrected chi connectivity index (χ2v) is 5.90. The Kier molecular flexibility index (Phi) is 8.32. The van der Waals surface area contributed by atoms with E-state index in [0.29, 0.717) is 11.9 Å². The highest BCUT2D eigenvalue weighted by Gasteiger charge is 2.20. The molecule has 0 aromatic heterocycles. The van der Waals surface area contributed by atoms with Crippen LogP contribution in [0.25, 0.3) is 0 Å². The van der Waals surface area contributed by atoms with Crippen LogP contribution in [-0.4, -0.2) is 19.0 Å². The Morgan fingerprint density at radius 3 is 2.56 bits per heavy atom. The van der Waals surface area contributed by atoms with Crippen LogP contribution in [0.5, 0.6) is 0 Å². The highest BCUT2D eigenvalue weighted by molar-refractivity contribution is 5.75. The summed E-state index contributed by atoms with van der Waals surface area (Å²) in [6, 6.07) is 0. The first-order chi connectivity index (χ1) is 8.72. The fourth-order valence-electron chi connectivity index (χ4n) is 3.06. The van der Waals surface area contributed by atoms with Gasteiger partial charge >= 0.3 is 0 Å². The van der Waals surface area contributed by atoms with E-state index in [9.17, 15) is 4.79 Å². The van der Waals surface area contributed by atoms with Gasteiger partial charge in [-0.2, -0.15) is 0 Å². The summed E-state index contributed by atoms with van der Waals surface area (Å²) in [5.41, 5.74) is 0. The summed E-state index contributed by atoms with van der Waals surface area (Å²) < 4.78 is 5.47. The lowest BCUT2D eigenvalue weighted by Gasteiger charge is -2.28. The fraction of sp³-hybridized carbons (Fsp3) is 0.938. The minimum absolute atomic E-state index is 0.336. The first-order valence-electron chi connectivity index (χ1n) is 7.74.